The standard InChI is InChI=1S/C13H9BrClN3/c1-7-4-5-16-13-11(7)17-12(18-13)9-3-2-8(14)6-10(9)15/h2-6H,1H3,(H,16,17,18). The first kappa shape index (κ1) is 11.7. The fourth-order valence-corrected chi connectivity index (χ4v) is 2.61. The second-order valence-corrected chi connectivity index (χ2v) is 5.36. The third-order valence-electron chi connectivity index (χ3n) is 2.79. The maximum Gasteiger partial charge on any atom is 0.178 e. The normalized spacial score (nSPS) is 11.1. The van der Waals surface area contributed by atoms with Crippen molar-refractivity contribution >= 4 is 38.7 Å². The number of aromatic nitrogens is 3. The molecule has 5 heteroatoms. The first-order chi connectivity index (χ1) is 8.65. The monoisotopic (exact) mass is 321 g/mol. The van der Waals surface area contributed by atoms with Crippen molar-refractivity contribution in [1.82, 2.24) is 15.0 Å². The van der Waals surface area contributed by atoms with Gasteiger partial charge in [-0.3, -0.25) is 0 Å². The molecule has 0 spiro atoms. The van der Waals surface area contributed by atoms with Gasteiger partial charge in [0.05, 0.1) is 10.5 Å². The summed E-state index contributed by atoms with van der Waals surface area (Å²) < 4.78 is 0.946. The number of aromatic amines is 1. The van der Waals surface area contributed by atoms with Crippen LogP contribution < -0.4 is 0 Å². The summed E-state index contributed by atoms with van der Waals surface area (Å²) in [5.41, 5.74) is 3.65. The van der Waals surface area contributed by atoms with Gasteiger partial charge in [-0.2, -0.15) is 0 Å². The molecule has 0 bridgehead atoms. The predicted molar refractivity (Wildman–Crippen MR) is 76.8 cm³/mol. The molecule has 0 aliphatic heterocycles. The van der Waals surface area contributed by atoms with Crippen LogP contribution in [0.5, 0.6) is 0 Å². The Morgan fingerprint density at radius 3 is 2.83 bits per heavy atom. The minimum absolute atomic E-state index is 0.654. The van der Waals surface area contributed by atoms with Crippen molar-refractivity contribution in [3.05, 3.63) is 45.5 Å². The van der Waals surface area contributed by atoms with Crippen LogP contribution in [-0.4, -0.2) is 15.0 Å². The molecule has 3 rings (SSSR count). The molecule has 90 valence electrons. The lowest BCUT2D eigenvalue weighted by molar-refractivity contribution is 1.30. The van der Waals surface area contributed by atoms with Gasteiger partial charge >= 0.3 is 0 Å². The van der Waals surface area contributed by atoms with Crippen molar-refractivity contribution in [2.45, 2.75) is 6.92 Å². The number of pyridine rings is 1. The second kappa shape index (κ2) is 4.37. The third-order valence-corrected chi connectivity index (χ3v) is 3.59. The molecule has 0 fully saturated rings. The van der Waals surface area contributed by atoms with Gasteiger partial charge in [0.25, 0.3) is 0 Å². The van der Waals surface area contributed by atoms with Crippen LogP contribution in [0.4, 0.5) is 0 Å². The van der Waals surface area contributed by atoms with E-state index in [1.807, 2.05) is 31.2 Å². The Labute approximate surface area is 117 Å². The van der Waals surface area contributed by atoms with Gasteiger partial charge in [-0.15, -0.1) is 0 Å². The fourth-order valence-electron chi connectivity index (χ4n) is 1.84. The Kier molecular flexibility index (Phi) is 2.84. The molecular weight excluding hydrogens is 314 g/mol. The highest BCUT2D eigenvalue weighted by atomic mass is 79.9. The largest absolute Gasteiger partial charge is 0.336 e. The highest BCUT2D eigenvalue weighted by molar-refractivity contribution is 9.10. The van der Waals surface area contributed by atoms with E-state index in [1.165, 1.54) is 0 Å². The number of benzene rings is 1. The van der Waals surface area contributed by atoms with E-state index < -0.39 is 0 Å². The van der Waals surface area contributed by atoms with Gasteiger partial charge in [0.2, 0.25) is 0 Å². The Hall–Kier alpha value is -1.39. The van der Waals surface area contributed by atoms with Gasteiger partial charge in [0.1, 0.15) is 5.82 Å². The molecule has 2 heterocycles. The molecule has 0 atom stereocenters. The quantitative estimate of drug-likeness (QED) is 0.723. The Morgan fingerprint density at radius 2 is 2.11 bits per heavy atom. The second-order valence-electron chi connectivity index (χ2n) is 4.04. The van der Waals surface area contributed by atoms with Gasteiger partial charge in [-0.25, -0.2) is 9.97 Å². The molecule has 1 N–H and O–H groups in total. The average Bonchev–Trinajstić information content (AvgIpc) is 2.74. The van der Waals surface area contributed by atoms with E-state index in [-0.39, 0.29) is 0 Å². The zero-order valence-corrected chi connectivity index (χ0v) is 11.9. The minimum atomic E-state index is 0.654. The van der Waals surface area contributed by atoms with Crippen LogP contribution in [0.3, 0.4) is 0 Å². The summed E-state index contributed by atoms with van der Waals surface area (Å²) in [5, 5.41) is 0.654. The van der Waals surface area contributed by atoms with Gasteiger partial charge in [-0.1, -0.05) is 27.5 Å². The molecule has 0 unspecified atom stereocenters. The van der Waals surface area contributed by atoms with Crippen LogP contribution >= 0.6 is 27.5 Å². The molecule has 3 nitrogen and oxygen atoms in total. The van der Waals surface area contributed by atoms with E-state index in [1.54, 1.807) is 6.20 Å². The predicted octanol–water partition coefficient (Wildman–Crippen LogP) is 4.35. The number of hydrogen-bond acceptors (Lipinski definition) is 2. The smallest absolute Gasteiger partial charge is 0.178 e. The third kappa shape index (κ3) is 1.91. The summed E-state index contributed by atoms with van der Waals surface area (Å²) in [6, 6.07) is 7.67. The maximum absolute atomic E-state index is 6.22. The number of H-pyrrole nitrogens is 1. The molecule has 0 aliphatic rings. The highest BCUT2D eigenvalue weighted by Gasteiger charge is 2.10. The van der Waals surface area contributed by atoms with E-state index in [0.29, 0.717) is 10.7 Å². The number of aryl methyl sites for hydroxylation is 1. The van der Waals surface area contributed by atoms with Gasteiger partial charge in [0, 0.05) is 16.2 Å². The topological polar surface area (TPSA) is 41.6 Å². The van der Waals surface area contributed by atoms with Crippen LogP contribution in [-0.2, 0) is 0 Å². The van der Waals surface area contributed by atoms with Crippen molar-refractivity contribution in [3.63, 3.8) is 0 Å². The van der Waals surface area contributed by atoms with Crippen LogP contribution in [0.2, 0.25) is 5.02 Å². The van der Waals surface area contributed by atoms with Crippen molar-refractivity contribution in [3.8, 4) is 11.4 Å². The molecule has 2 aromatic heterocycles. The zero-order chi connectivity index (χ0) is 12.7. The van der Waals surface area contributed by atoms with E-state index in [2.05, 4.69) is 30.9 Å². The van der Waals surface area contributed by atoms with Gasteiger partial charge in [0.15, 0.2) is 5.65 Å². The lowest BCUT2D eigenvalue weighted by Crippen LogP contribution is -1.82. The molecule has 18 heavy (non-hydrogen) atoms. The summed E-state index contributed by atoms with van der Waals surface area (Å²) in [7, 11) is 0. The fraction of sp³-hybridized carbons (Fsp3) is 0.0769. The minimum Gasteiger partial charge on any atom is -0.336 e. The van der Waals surface area contributed by atoms with Crippen LogP contribution in [0.25, 0.3) is 22.6 Å². The number of nitrogens with zero attached hydrogens (tertiary/aromatic N) is 2. The van der Waals surface area contributed by atoms with E-state index in [4.69, 9.17) is 11.6 Å². The summed E-state index contributed by atoms with van der Waals surface area (Å²) in [5.74, 6) is 0.740. The number of fused-ring (bicyclic) bond motifs is 1. The number of imidazole rings is 1. The summed E-state index contributed by atoms with van der Waals surface area (Å²) in [6.45, 7) is 2.02. The Morgan fingerprint density at radius 1 is 1.28 bits per heavy atom. The Bertz CT molecular complexity index is 736. The summed E-state index contributed by atoms with van der Waals surface area (Å²) in [6.07, 6.45) is 1.76. The summed E-state index contributed by atoms with van der Waals surface area (Å²) >= 11 is 9.61. The number of rotatable bonds is 1. The molecule has 0 radical (unpaired) electrons. The van der Waals surface area contributed by atoms with Crippen molar-refractivity contribution in [2.75, 3.05) is 0 Å². The lowest BCUT2D eigenvalue weighted by Gasteiger charge is -2.00. The maximum atomic E-state index is 6.22. The van der Waals surface area contributed by atoms with Crippen LogP contribution in [0.15, 0.2) is 34.9 Å². The van der Waals surface area contributed by atoms with Gasteiger partial charge < -0.3 is 4.98 Å². The summed E-state index contributed by atoms with van der Waals surface area (Å²) in [4.78, 5) is 12.0. The Balaban J connectivity index is 2.23. The first-order valence-electron chi connectivity index (χ1n) is 5.42. The molecule has 0 aliphatic carbocycles. The van der Waals surface area contributed by atoms with Crippen molar-refractivity contribution < 1.29 is 0 Å². The molecule has 1 aromatic carbocycles. The zero-order valence-electron chi connectivity index (χ0n) is 9.54. The molecule has 3 aromatic rings. The first-order valence-corrected chi connectivity index (χ1v) is 6.59. The van der Waals surface area contributed by atoms with Crippen LogP contribution in [0, 0.1) is 6.92 Å². The number of nitrogens with one attached hydrogen (secondary N) is 1. The van der Waals surface area contributed by atoms with Gasteiger partial charge in [-0.05, 0) is 36.8 Å². The number of halogens is 2. The average molecular weight is 323 g/mol. The van der Waals surface area contributed by atoms with E-state index in [0.717, 1.165) is 26.9 Å². The number of hydrogen-bond donors (Lipinski definition) is 1. The molecular formula is C13H9BrClN3. The molecule has 0 saturated carbocycles. The highest BCUT2D eigenvalue weighted by Crippen LogP contribution is 2.30. The van der Waals surface area contributed by atoms with Crippen molar-refractivity contribution in [1.29, 1.82) is 0 Å². The molecule has 0 amide bonds. The lowest BCUT2D eigenvalue weighted by atomic mass is 10.2. The molecule has 0 saturated heterocycles. The van der Waals surface area contributed by atoms with E-state index >= 15 is 0 Å². The SMILES string of the molecule is Cc1ccnc2nc(-c3ccc(Br)cc3Cl)[nH]c12. The van der Waals surface area contributed by atoms with Crippen LogP contribution in [0.1, 0.15) is 5.56 Å². The van der Waals surface area contributed by atoms with E-state index in [9.17, 15) is 0 Å². The van der Waals surface area contributed by atoms with Crippen molar-refractivity contribution in [2.24, 2.45) is 0 Å².